The molecule has 0 unspecified atom stereocenters. The summed E-state index contributed by atoms with van der Waals surface area (Å²) < 4.78 is 0. The SMILES string of the molecule is C=C(C1CCC(C=CC=CC#N)CC1)C1CCC(CCCC)CC1. The first-order chi connectivity index (χ1) is 11.7. The normalized spacial score (nSPS) is 31.3. The Labute approximate surface area is 149 Å². The Balaban J connectivity index is 1.70. The van der Waals surface area contributed by atoms with Crippen LogP contribution in [0, 0.1) is 35.0 Å². The van der Waals surface area contributed by atoms with Crippen molar-refractivity contribution in [3.05, 3.63) is 36.5 Å². The molecule has 0 bridgehead atoms. The van der Waals surface area contributed by atoms with Gasteiger partial charge in [-0.05, 0) is 75.0 Å². The second-order valence-electron chi connectivity index (χ2n) is 7.92. The highest BCUT2D eigenvalue weighted by Crippen LogP contribution is 2.42. The largest absolute Gasteiger partial charge is 0.193 e. The van der Waals surface area contributed by atoms with Crippen LogP contribution >= 0.6 is 0 Å². The van der Waals surface area contributed by atoms with Crippen LogP contribution in [0.15, 0.2) is 36.5 Å². The minimum absolute atomic E-state index is 0.696. The summed E-state index contributed by atoms with van der Waals surface area (Å²) in [6.45, 7) is 6.84. The number of nitriles is 1. The smallest absolute Gasteiger partial charge is 0.0912 e. The average molecular weight is 326 g/mol. The molecule has 0 N–H and O–H groups in total. The van der Waals surface area contributed by atoms with Gasteiger partial charge in [-0.25, -0.2) is 0 Å². The molecular weight excluding hydrogens is 290 g/mol. The molecule has 0 aromatic rings. The van der Waals surface area contributed by atoms with Crippen molar-refractivity contribution in [2.75, 3.05) is 0 Å². The maximum atomic E-state index is 8.50. The van der Waals surface area contributed by atoms with Gasteiger partial charge in [0.2, 0.25) is 0 Å². The van der Waals surface area contributed by atoms with Crippen LogP contribution in [0.3, 0.4) is 0 Å². The van der Waals surface area contributed by atoms with Gasteiger partial charge in [0, 0.05) is 6.08 Å². The molecule has 1 heteroatoms. The van der Waals surface area contributed by atoms with Crippen molar-refractivity contribution >= 4 is 0 Å². The van der Waals surface area contributed by atoms with E-state index in [1.54, 1.807) is 11.6 Å². The van der Waals surface area contributed by atoms with Crippen molar-refractivity contribution in [2.24, 2.45) is 23.7 Å². The highest BCUT2D eigenvalue weighted by atomic mass is 14.3. The number of rotatable bonds is 7. The fraction of sp³-hybridized carbons (Fsp3) is 0.696. The fourth-order valence-electron chi connectivity index (χ4n) is 4.65. The molecule has 0 radical (unpaired) electrons. The van der Waals surface area contributed by atoms with Gasteiger partial charge in [0.15, 0.2) is 0 Å². The van der Waals surface area contributed by atoms with E-state index in [0.717, 1.165) is 17.8 Å². The first-order valence-electron chi connectivity index (χ1n) is 10.2. The molecule has 24 heavy (non-hydrogen) atoms. The van der Waals surface area contributed by atoms with Crippen LogP contribution in [-0.2, 0) is 0 Å². The third-order valence-electron chi connectivity index (χ3n) is 6.30. The van der Waals surface area contributed by atoms with Gasteiger partial charge >= 0.3 is 0 Å². The molecule has 2 aliphatic carbocycles. The Kier molecular flexibility index (Phi) is 8.37. The van der Waals surface area contributed by atoms with Gasteiger partial charge in [0.1, 0.15) is 0 Å². The fourth-order valence-corrected chi connectivity index (χ4v) is 4.65. The van der Waals surface area contributed by atoms with Crippen molar-refractivity contribution in [1.82, 2.24) is 0 Å². The Morgan fingerprint density at radius 2 is 1.62 bits per heavy atom. The molecule has 2 saturated carbocycles. The average Bonchev–Trinajstić information content (AvgIpc) is 2.64. The van der Waals surface area contributed by atoms with Gasteiger partial charge in [-0.3, -0.25) is 0 Å². The minimum atomic E-state index is 0.696. The summed E-state index contributed by atoms with van der Waals surface area (Å²) in [5, 5.41) is 8.50. The summed E-state index contributed by atoms with van der Waals surface area (Å²) in [6, 6.07) is 2.03. The lowest BCUT2D eigenvalue weighted by molar-refractivity contribution is 0.253. The van der Waals surface area contributed by atoms with Crippen LogP contribution in [-0.4, -0.2) is 0 Å². The Bertz CT molecular complexity index is 463. The van der Waals surface area contributed by atoms with Gasteiger partial charge in [-0.2, -0.15) is 5.26 Å². The van der Waals surface area contributed by atoms with Crippen molar-refractivity contribution in [3.63, 3.8) is 0 Å². The van der Waals surface area contributed by atoms with Crippen LogP contribution < -0.4 is 0 Å². The number of unbranched alkanes of at least 4 members (excludes halogenated alkanes) is 1. The van der Waals surface area contributed by atoms with Crippen molar-refractivity contribution in [2.45, 2.75) is 77.6 Å². The Morgan fingerprint density at radius 3 is 2.21 bits per heavy atom. The van der Waals surface area contributed by atoms with Gasteiger partial charge in [-0.1, -0.05) is 56.6 Å². The Morgan fingerprint density at radius 1 is 1.00 bits per heavy atom. The van der Waals surface area contributed by atoms with Crippen LogP contribution in [0.25, 0.3) is 0 Å². The standard InChI is InChI=1S/C23H35N/c1-3-4-8-20-10-14-22(15-11-20)19(2)23-16-12-21(13-17-23)9-6-5-7-18-24/h5-7,9,20-23H,2-4,8,10-17H2,1H3. The molecule has 2 fully saturated rings. The highest BCUT2D eigenvalue weighted by molar-refractivity contribution is 5.13. The maximum Gasteiger partial charge on any atom is 0.0912 e. The Hall–Kier alpha value is -1.29. The first kappa shape index (κ1) is 19.0. The summed E-state index contributed by atoms with van der Waals surface area (Å²) in [7, 11) is 0. The third kappa shape index (κ3) is 5.97. The van der Waals surface area contributed by atoms with E-state index in [-0.39, 0.29) is 0 Å². The zero-order chi connectivity index (χ0) is 17.2. The molecule has 0 aromatic heterocycles. The monoisotopic (exact) mass is 325 g/mol. The summed E-state index contributed by atoms with van der Waals surface area (Å²) in [4.78, 5) is 0. The predicted molar refractivity (Wildman–Crippen MR) is 103 cm³/mol. The maximum absolute atomic E-state index is 8.50. The molecule has 2 aliphatic rings. The van der Waals surface area contributed by atoms with E-state index in [1.165, 1.54) is 70.6 Å². The quantitative estimate of drug-likeness (QED) is 0.281. The lowest BCUT2D eigenvalue weighted by Crippen LogP contribution is -2.22. The zero-order valence-electron chi connectivity index (χ0n) is 15.6. The van der Waals surface area contributed by atoms with Crippen LogP contribution in [0.5, 0.6) is 0 Å². The van der Waals surface area contributed by atoms with Gasteiger partial charge in [-0.15, -0.1) is 0 Å². The predicted octanol–water partition coefficient (Wildman–Crippen LogP) is 6.98. The zero-order valence-corrected chi connectivity index (χ0v) is 15.6. The second-order valence-corrected chi connectivity index (χ2v) is 7.92. The number of hydrogen-bond acceptors (Lipinski definition) is 1. The molecule has 132 valence electrons. The molecule has 0 aliphatic heterocycles. The molecule has 1 nitrogen and oxygen atoms in total. The minimum Gasteiger partial charge on any atom is -0.193 e. The lowest BCUT2D eigenvalue weighted by Gasteiger charge is -2.35. The number of nitrogens with zero attached hydrogens (tertiary/aromatic N) is 1. The highest BCUT2D eigenvalue weighted by Gasteiger charge is 2.28. The third-order valence-corrected chi connectivity index (χ3v) is 6.30. The van der Waals surface area contributed by atoms with Gasteiger partial charge in [0.05, 0.1) is 6.07 Å². The van der Waals surface area contributed by atoms with E-state index < -0.39 is 0 Å². The van der Waals surface area contributed by atoms with Gasteiger partial charge in [0.25, 0.3) is 0 Å². The van der Waals surface area contributed by atoms with E-state index in [4.69, 9.17) is 5.26 Å². The molecule has 0 amide bonds. The van der Waals surface area contributed by atoms with E-state index in [2.05, 4.69) is 19.6 Å². The van der Waals surface area contributed by atoms with Gasteiger partial charge < -0.3 is 0 Å². The molecule has 0 spiro atoms. The summed E-state index contributed by atoms with van der Waals surface area (Å²) in [5.74, 6) is 3.26. The summed E-state index contributed by atoms with van der Waals surface area (Å²) in [6.07, 6.45) is 22.8. The summed E-state index contributed by atoms with van der Waals surface area (Å²) in [5.41, 5.74) is 1.58. The lowest BCUT2D eigenvalue weighted by atomic mass is 9.70. The van der Waals surface area contributed by atoms with Crippen LogP contribution in [0.1, 0.15) is 77.6 Å². The van der Waals surface area contributed by atoms with E-state index in [1.807, 2.05) is 18.2 Å². The van der Waals surface area contributed by atoms with Crippen molar-refractivity contribution in [1.29, 1.82) is 5.26 Å². The first-order valence-corrected chi connectivity index (χ1v) is 10.2. The molecule has 2 rings (SSSR count). The van der Waals surface area contributed by atoms with E-state index in [9.17, 15) is 0 Å². The van der Waals surface area contributed by atoms with Crippen molar-refractivity contribution in [3.8, 4) is 6.07 Å². The molecule has 0 atom stereocenters. The molecule has 0 saturated heterocycles. The van der Waals surface area contributed by atoms with E-state index in [0.29, 0.717) is 5.92 Å². The second kappa shape index (κ2) is 10.5. The van der Waals surface area contributed by atoms with Crippen molar-refractivity contribution < 1.29 is 0 Å². The van der Waals surface area contributed by atoms with Crippen LogP contribution in [0.4, 0.5) is 0 Å². The molecule has 0 heterocycles. The topological polar surface area (TPSA) is 23.8 Å². The van der Waals surface area contributed by atoms with E-state index >= 15 is 0 Å². The van der Waals surface area contributed by atoms with Crippen LogP contribution in [0.2, 0.25) is 0 Å². The summed E-state index contributed by atoms with van der Waals surface area (Å²) >= 11 is 0. The number of allylic oxidation sites excluding steroid dienone is 5. The molecule has 0 aromatic carbocycles. The number of hydrogen-bond donors (Lipinski definition) is 0. The molecular formula is C23H35N.